The Labute approximate surface area is 123 Å². The Bertz CT molecular complexity index is 502. The van der Waals surface area contributed by atoms with Crippen LogP contribution in [0.25, 0.3) is 0 Å². The van der Waals surface area contributed by atoms with Crippen molar-refractivity contribution in [2.45, 2.75) is 32.5 Å². The molecule has 4 nitrogen and oxygen atoms in total. The summed E-state index contributed by atoms with van der Waals surface area (Å²) in [7, 11) is 0. The predicted octanol–water partition coefficient (Wildman–Crippen LogP) is 2.73. The second-order valence-electron chi connectivity index (χ2n) is 4.09. The van der Waals surface area contributed by atoms with Gasteiger partial charge >= 0.3 is 11.9 Å². The zero-order valence-corrected chi connectivity index (χ0v) is 11.9. The molecule has 0 saturated carbocycles. The Hall–Kier alpha value is -1.99. The topological polar surface area (TPSA) is 52.6 Å². The third kappa shape index (κ3) is 6.26. The normalized spacial score (nSPS) is 11.2. The fourth-order valence-electron chi connectivity index (χ4n) is 1.31. The molecule has 20 heavy (non-hydrogen) atoms. The molecule has 1 unspecified atom stereocenters. The second kappa shape index (κ2) is 8.23. The summed E-state index contributed by atoms with van der Waals surface area (Å²) >= 11 is 5.74. The van der Waals surface area contributed by atoms with Crippen LogP contribution in [-0.4, -0.2) is 18.0 Å². The van der Waals surface area contributed by atoms with E-state index in [0.717, 1.165) is 5.56 Å². The maximum Gasteiger partial charge on any atom is 0.307 e. The highest BCUT2D eigenvalue weighted by molar-refractivity contribution is 6.30. The quantitative estimate of drug-likeness (QED) is 0.598. The molecule has 5 heteroatoms. The van der Waals surface area contributed by atoms with Gasteiger partial charge in [-0.25, -0.2) is 0 Å². The fraction of sp³-hybridized carbons (Fsp3) is 0.333. The first-order chi connectivity index (χ1) is 9.51. The van der Waals surface area contributed by atoms with Gasteiger partial charge in [-0.05, 0) is 24.6 Å². The number of halogens is 1. The summed E-state index contributed by atoms with van der Waals surface area (Å²) in [6.45, 7) is 1.72. The van der Waals surface area contributed by atoms with E-state index in [-0.39, 0.29) is 19.4 Å². The molecular weight excluding hydrogens is 280 g/mol. The van der Waals surface area contributed by atoms with Crippen molar-refractivity contribution in [2.75, 3.05) is 0 Å². The van der Waals surface area contributed by atoms with Gasteiger partial charge in [-0.3, -0.25) is 9.59 Å². The summed E-state index contributed by atoms with van der Waals surface area (Å²) < 4.78 is 9.85. The van der Waals surface area contributed by atoms with Gasteiger partial charge in [0.05, 0.1) is 12.8 Å². The minimum Gasteiger partial charge on any atom is -0.461 e. The SMILES string of the molecule is C#CC(C)OC(=O)CCC(=O)OCc1ccc(Cl)cc1. The molecule has 106 valence electrons. The van der Waals surface area contributed by atoms with E-state index in [9.17, 15) is 9.59 Å². The maximum absolute atomic E-state index is 11.4. The second-order valence-corrected chi connectivity index (χ2v) is 4.52. The van der Waals surface area contributed by atoms with Crippen molar-refractivity contribution < 1.29 is 19.1 Å². The Balaban J connectivity index is 2.25. The lowest BCUT2D eigenvalue weighted by atomic mass is 10.2. The summed E-state index contributed by atoms with van der Waals surface area (Å²) in [5.74, 6) is 1.28. The molecule has 0 fully saturated rings. The Morgan fingerprint density at radius 3 is 2.45 bits per heavy atom. The van der Waals surface area contributed by atoms with Gasteiger partial charge in [-0.2, -0.15) is 0 Å². The van der Waals surface area contributed by atoms with Crippen molar-refractivity contribution in [2.24, 2.45) is 0 Å². The molecule has 0 aliphatic carbocycles. The maximum atomic E-state index is 11.4. The van der Waals surface area contributed by atoms with Crippen LogP contribution in [0.2, 0.25) is 5.02 Å². The number of carbonyl (C=O) groups excluding carboxylic acids is 2. The number of terminal acetylenes is 1. The highest BCUT2D eigenvalue weighted by Crippen LogP contribution is 2.10. The molecule has 1 atom stereocenters. The molecule has 0 amide bonds. The first kappa shape index (κ1) is 16.1. The summed E-state index contributed by atoms with van der Waals surface area (Å²) in [6.07, 6.45) is 4.39. The first-order valence-electron chi connectivity index (χ1n) is 6.07. The first-order valence-corrected chi connectivity index (χ1v) is 6.44. The molecule has 0 aliphatic rings. The Morgan fingerprint density at radius 2 is 1.85 bits per heavy atom. The molecule has 1 aromatic rings. The van der Waals surface area contributed by atoms with E-state index in [4.69, 9.17) is 27.5 Å². The number of carbonyl (C=O) groups is 2. The Morgan fingerprint density at radius 1 is 1.25 bits per heavy atom. The zero-order chi connectivity index (χ0) is 15.0. The van der Waals surface area contributed by atoms with Crippen LogP contribution >= 0.6 is 11.6 Å². The van der Waals surface area contributed by atoms with E-state index in [2.05, 4.69) is 5.92 Å². The van der Waals surface area contributed by atoms with Gasteiger partial charge in [0.25, 0.3) is 0 Å². The highest BCUT2D eigenvalue weighted by atomic mass is 35.5. The van der Waals surface area contributed by atoms with Crippen LogP contribution in [0.5, 0.6) is 0 Å². The average Bonchev–Trinajstić information content (AvgIpc) is 2.44. The number of ether oxygens (including phenoxy) is 2. The van der Waals surface area contributed by atoms with Crippen LogP contribution in [0.3, 0.4) is 0 Å². The van der Waals surface area contributed by atoms with Crippen molar-refractivity contribution in [3.05, 3.63) is 34.9 Å². The minimum absolute atomic E-state index is 0.0380. The molecule has 1 aromatic carbocycles. The van der Waals surface area contributed by atoms with Crippen LogP contribution in [-0.2, 0) is 25.7 Å². The van der Waals surface area contributed by atoms with Gasteiger partial charge < -0.3 is 9.47 Å². The summed E-state index contributed by atoms with van der Waals surface area (Å²) in [5.41, 5.74) is 0.825. The van der Waals surface area contributed by atoms with E-state index in [1.807, 2.05) is 0 Å². The lowest BCUT2D eigenvalue weighted by Gasteiger charge is -2.07. The molecule has 0 saturated heterocycles. The lowest BCUT2D eigenvalue weighted by molar-refractivity contribution is -0.152. The number of hydrogen-bond acceptors (Lipinski definition) is 4. The summed E-state index contributed by atoms with van der Waals surface area (Å²) in [5, 5.41) is 0.616. The molecule has 0 radical (unpaired) electrons. The van der Waals surface area contributed by atoms with E-state index >= 15 is 0 Å². The van der Waals surface area contributed by atoms with E-state index in [1.54, 1.807) is 31.2 Å². The van der Waals surface area contributed by atoms with Crippen molar-refractivity contribution in [1.29, 1.82) is 0 Å². The third-order valence-corrected chi connectivity index (χ3v) is 2.64. The molecule has 0 N–H and O–H groups in total. The van der Waals surface area contributed by atoms with E-state index < -0.39 is 18.0 Å². The minimum atomic E-state index is -0.590. The van der Waals surface area contributed by atoms with Gasteiger partial charge in [-0.1, -0.05) is 29.7 Å². The smallest absolute Gasteiger partial charge is 0.307 e. The van der Waals surface area contributed by atoms with Crippen LogP contribution < -0.4 is 0 Å². The molecule has 0 heterocycles. The summed E-state index contributed by atoms with van der Waals surface area (Å²) in [6, 6.07) is 6.95. The number of esters is 2. The van der Waals surface area contributed by atoms with Crippen LogP contribution in [0.4, 0.5) is 0 Å². The standard InChI is InChI=1S/C15H15ClO4/c1-3-11(2)20-15(18)9-8-14(17)19-10-12-4-6-13(16)7-5-12/h1,4-7,11H,8-10H2,2H3. The van der Waals surface area contributed by atoms with Crippen molar-refractivity contribution >= 4 is 23.5 Å². The van der Waals surface area contributed by atoms with E-state index in [0.29, 0.717) is 5.02 Å². The van der Waals surface area contributed by atoms with Gasteiger partial charge in [-0.15, -0.1) is 6.42 Å². The molecule has 0 bridgehead atoms. The van der Waals surface area contributed by atoms with Gasteiger partial charge in [0, 0.05) is 5.02 Å². The highest BCUT2D eigenvalue weighted by Gasteiger charge is 2.11. The largest absolute Gasteiger partial charge is 0.461 e. The van der Waals surface area contributed by atoms with Crippen molar-refractivity contribution in [1.82, 2.24) is 0 Å². The van der Waals surface area contributed by atoms with Gasteiger partial charge in [0.15, 0.2) is 6.10 Å². The fourth-order valence-corrected chi connectivity index (χ4v) is 1.44. The Kier molecular flexibility index (Phi) is 6.61. The van der Waals surface area contributed by atoms with Crippen LogP contribution in [0.15, 0.2) is 24.3 Å². The van der Waals surface area contributed by atoms with Crippen LogP contribution in [0, 0.1) is 12.3 Å². The third-order valence-electron chi connectivity index (χ3n) is 2.39. The average molecular weight is 295 g/mol. The van der Waals surface area contributed by atoms with Gasteiger partial charge in [0.2, 0.25) is 0 Å². The monoisotopic (exact) mass is 294 g/mol. The molecule has 0 aromatic heterocycles. The van der Waals surface area contributed by atoms with Crippen molar-refractivity contribution in [3.8, 4) is 12.3 Å². The predicted molar refractivity (Wildman–Crippen MR) is 74.9 cm³/mol. The molecule has 0 spiro atoms. The molecule has 1 rings (SSSR count). The van der Waals surface area contributed by atoms with E-state index in [1.165, 1.54) is 0 Å². The van der Waals surface area contributed by atoms with Gasteiger partial charge in [0.1, 0.15) is 6.61 Å². The zero-order valence-electron chi connectivity index (χ0n) is 11.1. The number of rotatable bonds is 6. The molecular formula is C15H15ClO4. The lowest BCUT2D eigenvalue weighted by Crippen LogP contribution is -2.15. The summed E-state index contributed by atoms with van der Waals surface area (Å²) in [4.78, 5) is 22.7. The van der Waals surface area contributed by atoms with Crippen LogP contribution in [0.1, 0.15) is 25.3 Å². The molecule has 0 aliphatic heterocycles. The number of hydrogen-bond donors (Lipinski definition) is 0. The van der Waals surface area contributed by atoms with Crippen molar-refractivity contribution in [3.63, 3.8) is 0 Å². The number of benzene rings is 1.